The van der Waals surface area contributed by atoms with Crippen LogP contribution < -0.4 is 10.9 Å². The van der Waals surface area contributed by atoms with Gasteiger partial charge >= 0.3 is 0 Å². The lowest BCUT2D eigenvalue weighted by molar-refractivity contribution is -0.115. The second-order valence-electron chi connectivity index (χ2n) is 8.67. The van der Waals surface area contributed by atoms with Gasteiger partial charge in [-0.05, 0) is 48.4 Å². The molecule has 6 rings (SSSR count). The van der Waals surface area contributed by atoms with E-state index in [0.717, 1.165) is 65.4 Å². The molecule has 160 valence electrons. The number of nitrogens with one attached hydrogen (secondary N) is 2. The lowest BCUT2D eigenvalue weighted by atomic mass is 10.0. The van der Waals surface area contributed by atoms with Crippen LogP contribution in [-0.4, -0.2) is 25.7 Å². The summed E-state index contributed by atoms with van der Waals surface area (Å²) in [6.45, 7) is 0. The first-order chi connectivity index (χ1) is 15.7. The number of aryl methyl sites for hydroxylation is 1. The molecule has 1 saturated carbocycles. The minimum absolute atomic E-state index is 0.112. The Morgan fingerprint density at radius 2 is 1.97 bits per heavy atom. The molecule has 0 aliphatic heterocycles. The predicted molar refractivity (Wildman–Crippen MR) is 122 cm³/mol. The number of carbonyl (C=O) groups excluding carboxylic acids is 1. The summed E-state index contributed by atoms with van der Waals surface area (Å²) in [6, 6.07) is 16.0. The smallest absolute Gasteiger partial charge is 0.255 e. The molecule has 2 aromatic heterocycles. The average molecular weight is 425 g/mol. The fourth-order valence-corrected chi connectivity index (χ4v) is 4.56. The van der Waals surface area contributed by atoms with E-state index in [2.05, 4.69) is 20.4 Å². The van der Waals surface area contributed by atoms with Gasteiger partial charge in [0.15, 0.2) is 0 Å². The van der Waals surface area contributed by atoms with Crippen LogP contribution in [0, 0.1) is 0 Å². The first-order valence-electron chi connectivity index (χ1n) is 11.1. The van der Waals surface area contributed by atoms with E-state index in [1.54, 1.807) is 4.68 Å². The Labute approximate surface area is 184 Å². The number of aromatic nitrogens is 4. The fourth-order valence-electron chi connectivity index (χ4n) is 4.56. The highest BCUT2D eigenvalue weighted by atomic mass is 16.1. The zero-order valence-corrected chi connectivity index (χ0v) is 17.6. The van der Waals surface area contributed by atoms with Crippen LogP contribution in [-0.2, 0) is 24.1 Å². The van der Waals surface area contributed by atoms with Gasteiger partial charge in [-0.3, -0.25) is 14.6 Å². The fraction of sp³-hybridized carbons (Fsp3) is 0.280. The molecule has 0 radical (unpaired) electrons. The summed E-state index contributed by atoms with van der Waals surface area (Å²) < 4.78 is 1.58. The molecule has 1 amide bonds. The van der Waals surface area contributed by atoms with Gasteiger partial charge in [-0.2, -0.15) is 9.78 Å². The van der Waals surface area contributed by atoms with Gasteiger partial charge in [0, 0.05) is 17.5 Å². The molecule has 0 saturated heterocycles. The summed E-state index contributed by atoms with van der Waals surface area (Å²) in [5, 5.41) is 9.88. The van der Waals surface area contributed by atoms with Crippen LogP contribution in [0.3, 0.4) is 0 Å². The third-order valence-corrected chi connectivity index (χ3v) is 6.35. The number of carbonyl (C=O) groups is 1. The van der Waals surface area contributed by atoms with E-state index in [0.29, 0.717) is 17.7 Å². The molecule has 32 heavy (non-hydrogen) atoms. The number of H-pyrrole nitrogens is 1. The van der Waals surface area contributed by atoms with Crippen molar-refractivity contribution in [2.75, 3.05) is 5.32 Å². The van der Waals surface area contributed by atoms with Gasteiger partial charge in [-0.15, -0.1) is 0 Å². The molecule has 2 aromatic carbocycles. The van der Waals surface area contributed by atoms with Crippen molar-refractivity contribution in [1.29, 1.82) is 0 Å². The molecular weight excluding hydrogens is 402 g/mol. The van der Waals surface area contributed by atoms with Crippen molar-refractivity contribution in [2.24, 2.45) is 0 Å². The molecule has 7 heteroatoms. The van der Waals surface area contributed by atoms with E-state index >= 15 is 0 Å². The van der Waals surface area contributed by atoms with Crippen molar-refractivity contribution in [3.63, 3.8) is 0 Å². The quantitative estimate of drug-likeness (QED) is 0.510. The Bertz CT molecular complexity index is 1410. The second kappa shape index (κ2) is 7.44. The molecule has 1 fully saturated rings. The second-order valence-corrected chi connectivity index (χ2v) is 8.67. The lowest BCUT2D eigenvalue weighted by Crippen LogP contribution is -2.21. The maximum absolute atomic E-state index is 13.0. The molecule has 0 bridgehead atoms. The number of hydrogen-bond donors (Lipinski definition) is 2. The van der Waals surface area contributed by atoms with Crippen LogP contribution in [0.5, 0.6) is 0 Å². The Morgan fingerprint density at radius 1 is 1.12 bits per heavy atom. The molecule has 0 atom stereocenters. The molecule has 7 nitrogen and oxygen atoms in total. The summed E-state index contributed by atoms with van der Waals surface area (Å²) in [5.74, 6) is 1.18. The Kier molecular flexibility index (Phi) is 4.41. The highest BCUT2D eigenvalue weighted by Crippen LogP contribution is 2.40. The summed E-state index contributed by atoms with van der Waals surface area (Å²) in [7, 11) is 0. The van der Waals surface area contributed by atoms with E-state index in [9.17, 15) is 9.59 Å². The van der Waals surface area contributed by atoms with Crippen molar-refractivity contribution in [2.45, 2.75) is 44.4 Å². The number of benzene rings is 2. The molecular formula is C25H23N5O2. The summed E-state index contributed by atoms with van der Waals surface area (Å²) in [5.41, 5.74) is 3.39. The number of rotatable bonds is 5. The lowest BCUT2D eigenvalue weighted by Gasteiger charge is -2.10. The highest BCUT2D eigenvalue weighted by Gasteiger charge is 2.29. The van der Waals surface area contributed by atoms with Crippen molar-refractivity contribution in [3.8, 4) is 5.95 Å². The Hall–Kier alpha value is -3.74. The Morgan fingerprint density at radius 3 is 2.84 bits per heavy atom. The van der Waals surface area contributed by atoms with Gasteiger partial charge in [-0.25, -0.2) is 4.98 Å². The minimum Gasteiger partial charge on any atom is -0.310 e. The standard InChI is InChI=1S/C25H23N5O2/c31-23(13-17-7-3-6-15-5-1-2-8-18(15)17)27-22-14-21(16-11-12-16)29-30(22)25-26-20-10-4-9-19(20)24(32)28-25/h1-3,5-8,14,16H,4,9-13H2,(H,27,31)(H,26,28,32). The van der Waals surface area contributed by atoms with Crippen LogP contribution >= 0.6 is 0 Å². The van der Waals surface area contributed by atoms with Crippen molar-refractivity contribution >= 4 is 22.5 Å². The molecule has 2 aliphatic carbocycles. The maximum Gasteiger partial charge on any atom is 0.255 e. The molecule has 0 spiro atoms. The van der Waals surface area contributed by atoms with Crippen LogP contribution in [0.4, 0.5) is 5.82 Å². The van der Waals surface area contributed by atoms with Gasteiger partial charge < -0.3 is 5.32 Å². The maximum atomic E-state index is 13.0. The molecule has 4 aromatic rings. The zero-order chi connectivity index (χ0) is 21.7. The van der Waals surface area contributed by atoms with Crippen LogP contribution in [0.15, 0.2) is 53.3 Å². The summed E-state index contributed by atoms with van der Waals surface area (Å²) in [4.78, 5) is 33.1. The number of aromatic amines is 1. The number of amides is 1. The van der Waals surface area contributed by atoms with Gasteiger partial charge in [0.05, 0.1) is 17.8 Å². The number of anilines is 1. The third-order valence-electron chi connectivity index (χ3n) is 6.35. The molecule has 2 heterocycles. The number of hydrogen-bond acceptors (Lipinski definition) is 4. The number of fused-ring (bicyclic) bond motifs is 2. The molecule has 0 unspecified atom stereocenters. The van der Waals surface area contributed by atoms with E-state index < -0.39 is 0 Å². The largest absolute Gasteiger partial charge is 0.310 e. The molecule has 2 N–H and O–H groups in total. The van der Waals surface area contributed by atoms with Gasteiger partial charge in [0.1, 0.15) is 5.82 Å². The van der Waals surface area contributed by atoms with Crippen molar-refractivity contribution in [3.05, 3.63) is 81.4 Å². The van der Waals surface area contributed by atoms with Crippen LogP contribution in [0.25, 0.3) is 16.7 Å². The van der Waals surface area contributed by atoms with Crippen LogP contribution in [0.2, 0.25) is 0 Å². The number of nitrogens with zero attached hydrogens (tertiary/aromatic N) is 3. The van der Waals surface area contributed by atoms with E-state index in [1.807, 2.05) is 48.5 Å². The monoisotopic (exact) mass is 425 g/mol. The topological polar surface area (TPSA) is 92.7 Å². The van der Waals surface area contributed by atoms with Crippen molar-refractivity contribution < 1.29 is 4.79 Å². The summed E-state index contributed by atoms with van der Waals surface area (Å²) in [6.07, 6.45) is 4.93. The van der Waals surface area contributed by atoms with Crippen LogP contribution in [0.1, 0.15) is 47.7 Å². The first kappa shape index (κ1) is 19.0. The first-order valence-corrected chi connectivity index (χ1v) is 11.1. The predicted octanol–water partition coefficient (Wildman–Crippen LogP) is 3.66. The Balaban J connectivity index is 1.33. The zero-order valence-electron chi connectivity index (χ0n) is 17.6. The average Bonchev–Trinajstić information content (AvgIpc) is 3.38. The highest BCUT2D eigenvalue weighted by molar-refractivity contribution is 5.95. The van der Waals surface area contributed by atoms with E-state index in [-0.39, 0.29) is 17.9 Å². The van der Waals surface area contributed by atoms with Gasteiger partial charge in [0.2, 0.25) is 11.9 Å². The van der Waals surface area contributed by atoms with Gasteiger partial charge in [0.25, 0.3) is 5.56 Å². The third kappa shape index (κ3) is 3.39. The van der Waals surface area contributed by atoms with E-state index in [1.165, 1.54) is 0 Å². The van der Waals surface area contributed by atoms with Gasteiger partial charge in [-0.1, -0.05) is 42.5 Å². The normalized spacial score (nSPS) is 15.1. The summed E-state index contributed by atoms with van der Waals surface area (Å²) >= 11 is 0. The minimum atomic E-state index is -0.131. The van der Waals surface area contributed by atoms with E-state index in [4.69, 9.17) is 0 Å². The van der Waals surface area contributed by atoms with Crippen molar-refractivity contribution in [1.82, 2.24) is 19.7 Å². The SMILES string of the molecule is O=C(Cc1cccc2ccccc12)Nc1cc(C2CC2)nn1-c1nc2c(c(=O)[nH]1)CCC2. The molecule has 2 aliphatic rings.